The third-order valence-electron chi connectivity index (χ3n) is 10.7. The lowest BCUT2D eigenvalue weighted by Crippen LogP contribution is -2.03. The molecule has 10 aromatic rings. The number of nitrogens with zero attached hydrogens (tertiary/aromatic N) is 6. The van der Waals surface area contributed by atoms with Crippen LogP contribution in [0.1, 0.15) is 11.1 Å². The topological polar surface area (TPSA) is 74.7 Å². The van der Waals surface area contributed by atoms with Crippen molar-refractivity contribution in [2.75, 3.05) is 0 Å². The van der Waals surface area contributed by atoms with Gasteiger partial charge < -0.3 is 9.13 Å². The minimum atomic E-state index is 0.542. The molecule has 3 heterocycles. The number of para-hydroxylation sites is 2. The first kappa shape index (κ1) is 32.4. The Morgan fingerprint density at radius 3 is 1.57 bits per heavy atom. The molecule has 7 aromatic carbocycles. The Labute approximate surface area is 322 Å². The van der Waals surface area contributed by atoms with Gasteiger partial charge in [0.1, 0.15) is 0 Å². The van der Waals surface area contributed by atoms with Crippen molar-refractivity contribution in [1.82, 2.24) is 14.1 Å². The Morgan fingerprint density at radius 2 is 0.982 bits per heavy atom. The van der Waals surface area contributed by atoms with Crippen LogP contribution in [0.15, 0.2) is 170 Å². The van der Waals surface area contributed by atoms with Gasteiger partial charge >= 0.3 is 0 Å². The zero-order valence-corrected chi connectivity index (χ0v) is 29.8. The highest BCUT2D eigenvalue weighted by molar-refractivity contribution is 6.12. The highest BCUT2D eigenvalue weighted by Crippen LogP contribution is 2.42. The molecule has 0 aliphatic heterocycles. The number of nitriles is 2. The minimum Gasteiger partial charge on any atom is -0.309 e. The molecule has 10 rings (SSSR count). The number of pyridine rings is 1. The van der Waals surface area contributed by atoms with E-state index >= 15 is 0 Å². The van der Waals surface area contributed by atoms with Gasteiger partial charge in [0.05, 0.1) is 69.0 Å². The number of aromatic nitrogens is 3. The third-order valence-corrected chi connectivity index (χ3v) is 10.7. The van der Waals surface area contributed by atoms with E-state index in [0.717, 1.165) is 88.5 Å². The number of hydrogen-bond donors (Lipinski definition) is 0. The third kappa shape index (κ3) is 5.12. The van der Waals surface area contributed by atoms with E-state index in [4.69, 9.17) is 11.6 Å². The molecule has 56 heavy (non-hydrogen) atoms. The molecular weight excluding hydrogens is 685 g/mol. The Hall–Kier alpha value is -8.24. The Kier molecular flexibility index (Phi) is 7.53. The van der Waals surface area contributed by atoms with E-state index in [1.807, 2.05) is 79.0 Å². The molecule has 0 saturated carbocycles. The summed E-state index contributed by atoms with van der Waals surface area (Å²) in [5.74, 6) is 0. The fourth-order valence-corrected chi connectivity index (χ4v) is 8.06. The van der Waals surface area contributed by atoms with E-state index in [-0.39, 0.29) is 0 Å². The minimum absolute atomic E-state index is 0.542. The van der Waals surface area contributed by atoms with Crippen LogP contribution in [-0.4, -0.2) is 14.1 Å². The Balaban J connectivity index is 1.20. The van der Waals surface area contributed by atoms with Crippen LogP contribution in [-0.2, 0) is 0 Å². The number of fused-ring (bicyclic) bond motifs is 6. The van der Waals surface area contributed by atoms with Crippen molar-refractivity contribution >= 4 is 49.3 Å². The van der Waals surface area contributed by atoms with Gasteiger partial charge in [0, 0.05) is 33.3 Å². The zero-order chi connectivity index (χ0) is 37.8. The van der Waals surface area contributed by atoms with Gasteiger partial charge in [-0.1, -0.05) is 84.9 Å². The summed E-state index contributed by atoms with van der Waals surface area (Å²) in [5.41, 5.74) is 13.5. The van der Waals surface area contributed by atoms with Gasteiger partial charge in [-0.05, 0) is 101 Å². The van der Waals surface area contributed by atoms with Crippen LogP contribution in [0.4, 0.5) is 5.69 Å². The molecule has 6 heteroatoms. The monoisotopic (exact) mass is 712 g/mol. The van der Waals surface area contributed by atoms with Crippen molar-refractivity contribution in [3.05, 3.63) is 193 Å². The molecule has 0 saturated heterocycles. The van der Waals surface area contributed by atoms with E-state index in [1.165, 1.54) is 0 Å². The molecule has 0 spiro atoms. The van der Waals surface area contributed by atoms with Gasteiger partial charge in [-0.25, -0.2) is 4.85 Å². The normalized spacial score (nSPS) is 11.2. The van der Waals surface area contributed by atoms with Crippen LogP contribution in [0, 0.1) is 29.2 Å². The smallest absolute Gasteiger partial charge is 0.187 e. The lowest BCUT2D eigenvalue weighted by Gasteiger charge is -2.18. The van der Waals surface area contributed by atoms with E-state index in [0.29, 0.717) is 16.8 Å². The molecule has 0 unspecified atom stereocenters. The van der Waals surface area contributed by atoms with Crippen LogP contribution in [0.5, 0.6) is 0 Å². The van der Waals surface area contributed by atoms with Crippen molar-refractivity contribution in [1.29, 1.82) is 10.5 Å². The fourth-order valence-electron chi connectivity index (χ4n) is 8.06. The van der Waals surface area contributed by atoms with Crippen molar-refractivity contribution in [3.8, 4) is 57.0 Å². The first-order valence-corrected chi connectivity index (χ1v) is 18.2. The van der Waals surface area contributed by atoms with Crippen molar-refractivity contribution < 1.29 is 0 Å². The quantitative estimate of drug-likeness (QED) is 0.167. The molecule has 0 aliphatic carbocycles. The second kappa shape index (κ2) is 13.0. The van der Waals surface area contributed by atoms with Gasteiger partial charge in [0.25, 0.3) is 0 Å². The maximum atomic E-state index is 10.2. The maximum absolute atomic E-state index is 10.2. The SMILES string of the molecule is [C-]#[N+]c1ccc(-c2ccc3c(c2)c2ccccc2n3-c2ccc(C#N)cc2-c2ncccc2-n2c3ccccc3c3cc(-c4ccc(C#N)cc4)ccc32)cc1. The second-order valence-corrected chi connectivity index (χ2v) is 13.7. The molecule has 258 valence electrons. The molecule has 0 amide bonds. The molecule has 6 nitrogen and oxygen atoms in total. The summed E-state index contributed by atoms with van der Waals surface area (Å²) in [6.45, 7) is 7.37. The predicted octanol–water partition coefficient (Wildman–Crippen LogP) is 12.6. The molecule has 0 radical (unpaired) electrons. The van der Waals surface area contributed by atoms with Gasteiger partial charge in [0.15, 0.2) is 5.69 Å². The van der Waals surface area contributed by atoms with Gasteiger partial charge in [0.2, 0.25) is 0 Å². The van der Waals surface area contributed by atoms with E-state index in [1.54, 1.807) is 0 Å². The van der Waals surface area contributed by atoms with Crippen molar-refractivity contribution in [2.24, 2.45) is 0 Å². The zero-order valence-electron chi connectivity index (χ0n) is 29.8. The van der Waals surface area contributed by atoms with Crippen LogP contribution >= 0.6 is 0 Å². The number of rotatable bonds is 5. The molecule has 0 bridgehead atoms. The maximum Gasteiger partial charge on any atom is 0.187 e. The second-order valence-electron chi connectivity index (χ2n) is 13.7. The highest BCUT2D eigenvalue weighted by atomic mass is 15.0. The molecule has 3 aromatic heterocycles. The summed E-state index contributed by atoms with van der Waals surface area (Å²) in [7, 11) is 0. The largest absolute Gasteiger partial charge is 0.309 e. The summed E-state index contributed by atoms with van der Waals surface area (Å²) in [4.78, 5) is 8.65. The number of benzene rings is 7. The molecular formula is C50H28N6. The molecule has 0 aliphatic rings. The van der Waals surface area contributed by atoms with E-state index < -0.39 is 0 Å². The lowest BCUT2D eigenvalue weighted by atomic mass is 10.0. The summed E-state index contributed by atoms with van der Waals surface area (Å²) in [5, 5.41) is 24.0. The summed E-state index contributed by atoms with van der Waals surface area (Å²) < 4.78 is 4.55. The van der Waals surface area contributed by atoms with Gasteiger partial charge in [-0.3, -0.25) is 4.98 Å². The summed E-state index contributed by atoms with van der Waals surface area (Å²) in [6, 6.07) is 59.8. The number of hydrogen-bond acceptors (Lipinski definition) is 3. The first-order valence-electron chi connectivity index (χ1n) is 18.2. The summed E-state index contributed by atoms with van der Waals surface area (Å²) in [6.07, 6.45) is 1.82. The van der Waals surface area contributed by atoms with E-state index in [2.05, 4.69) is 117 Å². The Morgan fingerprint density at radius 1 is 0.464 bits per heavy atom. The predicted molar refractivity (Wildman–Crippen MR) is 225 cm³/mol. The van der Waals surface area contributed by atoms with Crippen LogP contribution in [0.3, 0.4) is 0 Å². The van der Waals surface area contributed by atoms with Gasteiger partial charge in [-0.15, -0.1) is 0 Å². The highest BCUT2D eigenvalue weighted by Gasteiger charge is 2.22. The Bertz CT molecular complexity index is 3330. The van der Waals surface area contributed by atoms with E-state index in [9.17, 15) is 10.5 Å². The van der Waals surface area contributed by atoms with Crippen molar-refractivity contribution in [2.45, 2.75) is 0 Å². The fraction of sp³-hybridized carbons (Fsp3) is 0. The van der Waals surface area contributed by atoms with Crippen LogP contribution in [0.25, 0.3) is 93.3 Å². The molecule has 0 fully saturated rings. The molecule has 0 atom stereocenters. The average molecular weight is 713 g/mol. The summed E-state index contributed by atoms with van der Waals surface area (Å²) >= 11 is 0. The standard InChI is InChI=1S/C50H28N6/c1-53-38-21-17-35(18-22-38)37-19-24-46-41(29-37)39-7-2-4-9-44(39)55(46)48-23-14-33(31-52)27-43(48)50-49(11-6-26-54-50)56-45-10-5-3-8-40(45)42-28-36(20-25-47(42)56)34-15-12-32(30-51)13-16-34/h2-29H. The van der Waals surface area contributed by atoms with Crippen molar-refractivity contribution in [3.63, 3.8) is 0 Å². The van der Waals surface area contributed by atoms with Crippen LogP contribution in [0.2, 0.25) is 0 Å². The lowest BCUT2D eigenvalue weighted by molar-refractivity contribution is 1.13. The van der Waals surface area contributed by atoms with Gasteiger partial charge in [-0.2, -0.15) is 10.5 Å². The van der Waals surface area contributed by atoms with Crippen LogP contribution < -0.4 is 0 Å². The molecule has 0 N–H and O–H groups in total. The first-order chi connectivity index (χ1) is 27.6. The average Bonchev–Trinajstić information content (AvgIpc) is 3.78.